The first-order chi connectivity index (χ1) is 9.85. The summed E-state index contributed by atoms with van der Waals surface area (Å²) in [6.45, 7) is 0.550. The maximum atomic E-state index is 5.95. The van der Waals surface area contributed by atoms with Crippen LogP contribution in [0.4, 0.5) is 0 Å². The molecule has 1 aliphatic carbocycles. The van der Waals surface area contributed by atoms with Crippen LogP contribution in [0.3, 0.4) is 0 Å². The third kappa shape index (κ3) is 3.02. The molecule has 1 saturated carbocycles. The highest BCUT2D eigenvalue weighted by Crippen LogP contribution is 2.26. The molecule has 3 rings (SSSR count). The minimum Gasteiger partial charge on any atom is -0.490 e. The highest BCUT2D eigenvalue weighted by Gasteiger charge is 2.16. The number of hydrogen-bond acceptors (Lipinski definition) is 4. The van der Waals surface area contributed by atoms with E-state index < -0.39 is 0 Å². The van der Waals surface area contributed by atoms with E-state index >= 15 is 0 Å². The molecule has 0 radical (unpaired) electrons. The van der Waals surface area contributed by atoms with E-state index in [1.807, 2.05) is 24.3 Å². The molecule has 1 fully saturated rings. The third-order valence-electron chi connectivity index (χ3n) is 3.66. The van der Waals surface area contributed by atoms with Gasteiger partial charge in [0.1, 0.15) is 17.7 Å². The van der Waals surface area contributed by atoms with Crippen molar-refractivity contribution >= 4 is 0 Å². The van der Waals surface area contributed by atoms with Gasteiger partial charge in [-0.1, -0.05) is 0 Å². The molecule has 4 heteroatoms. The van der Waals surface area contributed by atoms with Crippen molar-refractivity contribution < 1.29 is 9.15 Å². The van der Waals surface area contributed by atoms with Crippen LogP contribution >= 0.6 is 0 Å². The lowest BCUT2D eigenvalue weighted by Crippen LogP contribution is -2.10. The fourth-order valence-electron chi connectivity index (χ4n) is 2.58. The number of rotatable bonds is 5. The zero-order chi connectivity index (χ0) is 13.8. The SMILES string of the molecule is NCCc1nc(-c2ccc(OC3CCCC3)cc2)co1. The molecule has 0 aliphatic heterocycles. The first-order valence-electron chi connectivity index (χ1n) is 7.27. The molecule has 1 heterocycles. The maximum absolute atomic E-state index is 5.95. The molecule has 0 atom stereocenters. The highest BCUT2D eigenvalue weighted by atomic mass is 16.5. The van der Waals surface area contributed by atoms with Crippen molar-refractivity contribution in [2.24, 2.45) is 5.73 Å². The van der Waals surface area contributed by atoms with Gasteiger partial charge in [-0.2, -0.15) is 0 Å². The molecule has 0 bridgehead atoms. The average Bonchev–Trinajstić information content (AvgIpc) is 3.12. The van der Waals surface area contributed by atoms with E-state index in [2.05, 4.69) is 4.98 Å². The molecular formula is C16H20N2O2. The summed E-state index contributed by atoms with van der Waals surface area (Å²) in [7, 11) is 0. The van der Waals surface area contributed by atoms with Crippen molar-refractivity contribution in [3.05, 3.63) is 36.4 Å². The van der Waals surface area contributed by atoms with Gasteiger partial charge in [0.25, 0.3) is 0 Å². The summed E-state index contributed by atoms with van der Waals surface area (Å²) >= 11 is 0. The molecule has 0 unspecified atom stereocenters. The Morgan fingerprint density at radius 3 is 2.65 bits per heavy atom. The van der Waals surface area contributed by atoms with Crippen LogP contribution in [0.5, 0.6) is 5.75 Å². The molecule has 2 N–H and O–H groups in total. The summed E-state index contributed by atoms with van der Waals surface area (Å²) in [6, 6.07) is 8.05. The van der Waals surface area contributed by atoms with Gasteiger partial charge in [0.15, 0.2) is 5.89 Å². The van der Waals surface area contributed by atoms with E-state index in [0.29, 0.717) is 25.0 Å². The molecule has 0 spiro atoms. The first kappa shape index (κ1) is 13.2. The lowest BCUT2D eigenvalue weighted by Gasteiger charge is -2.12. The normalized spacial score (nSPS) is 15.7. The van der Waals surface area contributed by atoms with Gasteiger partial charge in [-0.3, -0.25) is 0 Å². The Kier molecular flexibility index (Phi) is 4.02. The van der Waals surface area contributed by atoms with Crippen LogP contribution in [0.15, 0.2) is 34.9 Å². The standard InChI is InChI=1S/C16H20N2O2/c17-10-9-16-18-15(11-19-16)12-5-7-14(8-6-12)20-13-3-1-2-4-13/h5-8,11,13H,1-4,9-10,17H2. The van der Waals surface area contributed by atoms with Gasteiger partial charge in [0.2, 0.25) is 0 Å². The Morgan fingerprint density at radius 1 is 1.20 bits per heavy atom. The molecule has 1 aromatic carbocycles. The second-order valence-corrected chi connectivity index (χ2v) is 5.21. The van der Waals surface area contributed by atoms with Gasteiger partial charge in [0.05, 0.1) is 6.10 Å². The van der Waals surface area contributed by atoms with Crippen LogP contribution in [0.25, 0.3) is 11.3 Å². The predicted molar refractivity (Wildman–Crippen MR) is 77.6 cm³/mol. The van der Waals surface area contributed by atoms with Gasteiger partial charge in [-0.25, -0.2) is 4.98 Å². The fourth-order valence-corrected chi connectivity index (χ4v) is 2.58. The Balaban J connectivity index is 1.68. The summed E-state index contributed by atoms with van der Waals surface area (Å²) in [4.78, 5) is 4.42. The predicted octanol–water partition coefficient (Wildman–Crippen LogP) is 3.16. The van der Waals surface area contributed by atoms with Crippen LogP contribution < -0.4 is 10.5 Å². The molecule has 0 saturated heterocycles. The number of oxazole rings is 1. The number of nitrogens with zero attached hydrogens (tertiary/aromatic N) is 1. The lowest BCUT2D eigenvalue weighted by molar-refractivity contribution is 0.210. The lowest BCUT2D eigenvalue weighted by atomic mass is 10.1. The van der Waals surface area contributed by atoms with Crippen molar-refractivity contribution in [1.82, 2.24) is 4.98 Å². The van der Waals surface area contributed by atoms with Gasteiger partial charge < -0.3 is 14.9 Å². The van der Waals surface area contributed by atoms with Crippen molar-refractivity contribution in [3.8, 4) is 17.0 Å². The summed E-state index contributed by atoms with van der Waals surface area (Å²) in [5.41, 5.74) is 7.38. The molecular weight excluding hydrogens is 252 g/mol. The van der Waals surface area contributed by atoms with E-state index in [-0.39, 0.29) is 0 Å². The van der Waals surface area contributed by atoms with Crippen molar-refractivity contribution in [2.45, 2.75) is 38.2 Å². The Bertz CT molecular complexity index is 542. The number of benzene rings is 1. The van der Waals surface area contributed by atoms with E-state index in [1.54, 1.807) is 6.26 Å². The molecule has 20 heavy (non-hydrogen) atoms. The second-order valence-electron chi connectivity index (χ2n) is 5.21. The smallest absolute Gasteiger partial charge is 0.195 e. The third-order valence-corrected chi connectivity index (χ3v) is 3.66. The zero-order valence-corrected chi connectivity index (χ0v) is 11.5. The molecule has 0 amide bonds. The van der Waals surface area contributed by atoms with Gasteiger partial charge in [-0.05, 0) is 49.9 Å². The fraction of sp³-hybridized carbons (Fsp3) is 0.438. The quantitative estimate of drug-likeness (QED) is 0.908. The largest absolute Gasteiger partial charge is 0.490 e. The minimum absolute atomic E-state index is 0.393. The van der Waals surface area contributed by atoms with Crippen LogP contribution in [-0.4, -0.2) is 17.6 Å². The topological polar surface area (TPSA) is 61.3 Å². The van der Waals surface area contributed by atoms with Gasteiger partial charge in [0, 0.05) is 18.5 Å². The van der Waals surface area contributed by atoms with Crippen LogP contribution in [0.1, 0.15) is 31.6 Å². The van der Waals surface area contributed by atoms with Crippen molar-refractivity contribution in [1.29, 1.82) is 0 Å². The van der Waals surface area contributed by atoms with Crippen molar-refractivity contribution in [2.75, 3.05) is 6.54 Å². The first-order valence-corrected chi connectivity index (χ1v) is 7.27. The summed E-state index contributed by atoms with van der Waals surface area (Å²) in [6.07, 6.45) is 7.66. The minimum atomic E-state index is 0.393. The van der Waals surface area contributed by atoms with Crippen LogP contribution in [0.2, 0.25) is 0 Å². The van der Waals surface area contributed by atoms with Gasteiger partial charge >= 0.3 is 0 Å². The summed E-state index contributed by atoms with van der Waals surface area (Å²) in [5, 5.41) is 0. The molecule has 2 aromatic rings. The zero-order valence-electron chi connectivity index (χ0n) is 11.5. The summed E-state index contributed by atoms with van der Waals surface area (Å²) in [5.74, 6) is 1.63. The number of ether oxygens (including phenoxy) is 1. The molecule has 106 valence electrons. The molecule has 4 nitrogen and oxygen atoms in total. The van der Waals surface area contributed by atoms with E-state index in [9.17, 15) is 0 Å². The second kappa shape index (κ2) is 6.09. The van der Waals surface area contributed by atoms with Crippen LogP contribution in [-0.2, 0) is 6.42 Å². The Labute approximate surface area is 119 Å². The maximum Gasteiger partial charge on any atom is 0.195 e. The van der Waals surface area contributed by atoms with E-state index in [4.69, 9.17) is 14.9 Å². The Hall–Kier alpha value is -1.81. The number of aromatic nitrogens is 1. The average molecular weight is 272 g/mol. The monoisotopic (exact) mass is 272 g/mol. The van der Waals surface area contributed by atoms with Gasteiger partial charge in [-0.15, -0.1) is 0 Å². The molecule has 1 aromatic heterocycles. The van der Waals surface area contributed by atoms with Crippen LogP contribution in [0, 0.1) is 0 Å². The summed E-state index contributed by atoms with van der Waals surface area (Å²) < 4.78 is 11.3. The van der Waals surface area contributed by atoms with E-state index in [1.165, 1.54) is 25.7 Å². The van der Waals surface area contributed by atoms with Crippen molar-refractivity contribution in [3.63, 3.8) is 0 Å². The molecule has 1 aliphatic rings. The number of nitrogens with two attached hydrogens (primary N) is 1. The Morgan fingerprint density at radius 2 is 1.95 bits per heavy atom. The van der Waals surface area contributed by atoms with E-state index in [0.717, 1.165) is 17.0 Å². The highest BCUT2D eigenvalue weighted by molar-refractivity contribution is 5.58. The number of hydrogen-bond donors (Lipinski definition) is 1.